The highest BCUT2D eigenvalue weighted by molar-refractivity contribution is 6.05. The summed E-state index contributed by atoms with van der Waals surface area (Å²) >= 11 is 0. The van der Waals surface area contributed by atoms with Crippen molar-refractivity contribution in [1.29, 1.82) is 0 Å². The Labute approximate surface area is 116 Å². The van der Waals surface area contributed by atoms with E-state index >= 15 is 0 Å². The summed E-state index contributed by atoms with van der Waals surface area (Å²) in [4.78, 5) is 14.0. The number of fused-ring (bicyclic) bond motifs is 1. The Morgan fingerprint density at radius 1 is 1.50 bits per heavy atom. The van der Waals surface area contributed by atoms with Crippen molar-refractivity contribution in [3.8, 4) is 0 Å². The summed E-state index contributed by atoms with van der Waals surface area (Å²) in [6, 6.07) is 5.23. The Morgan fingerprint density at radius 2 is 2.30 bits per heavy atom. The Bertz CT molecular complexity index is 596. The van der Waals surface area contributed by atoms with Crippen molar-refractivity contribution in [3.05, 3.63) is 23.9 Å². The van der Waals surface area contributed by atoms with Crippen LogP contribution in [0, 0.1) is 0 Å². The number of aliphatic hydroxyl groups excluding tert-OH is 1. The number of carbonyl (C=O) groups is 1. The first-order valence-corrected chi connectivity index (χ1v) is 6.30. The molecule has 0 fully saturated rings. The zero-order valence-corrected chi connectivity index (χ0v) is 11.3. The van der Waals surface area contributed by atoms with E-state index in [9.17, 15) is 4.79 Å². The van der Waals surface area contributed by atoms with E-state index in [2.05, 4.69) is 10.2 Å². The summed E-state index contributed by atoms with van der Waals surface area (Å²) < 4.78 is 4.97. The molecule has 0 atom stereocenters. The molecule has 1 heterocycles. The minimum Gasteiger partial charge on any atom is -0.399 e. The lowest BCUT2D eigenvalue weighted by Gasteiger charge is -2.20. The van der Waals surface area contributed by atoms with Crippen molar-refractivity contribution >= 4 is 22.5 Å². The molecule has 0 bridgehead atoms. The van der Waals surface area contributed by atoms with Gasteiger partial charge < -0.3 is 20.5 Å². The predicted molar refractivity (Wildman–Crippen MR) is 75.4 cm³/mol. The van der Waals surface area contributed by atoms with E-state index in [-0.39, 0.29) is 19.1 Å². The third kappa shape index (κ3) is 2.89. The maximum Gasteiger partial charge on any atom is 0.275 e. The third-order valence-electron chi connectivity index (χ3n) is 3.01. The number of aromatic nitrogens is 2. The number of methoxy groups -OCH3 is 1. The SMILES string of the molecule is COCCN(CCO)C(=O)c1n[nH]c2ccc(N)cc12. The zero-order valence-electron chi connectivity index (χ0n) is 11.3. The van der Waals surface area contributed by atoms with Gasteiger partial charge in [0.05, 0.1) is 18.7 Å². The number of amides is 1. The van der Waals surface area contributed by atoms with E-state index in [1.54, 1.807) is 25.3 Å². The lowest BCUT2D eigenvalue weighted by atomic mass is 10.1. The minimum atomic E-state index is -0.257. The van der Waals surface area contributed by atoms with Gasteiger partial charge in [0, 0.05) is 31.3 Å². The van der Waals surface area contributed by atoms with Crippen LogP contribution in [0.1, 0.15) is 10.5 Å². The molecule has 0 aliphatic rings. The quantitative estimate of drug-likeness (QED) is 0.656. The molecular formula is C13H18N4O3. The topological polar surface area (TPSA) is 104 Å². The molecule has 4 N–H and O–H groups in total. The molecule has 7 heteroatoms. The number of nitrogen functional groups attached to an aromatic ring is 1. The number of hydrogen-bond donors (Lipinski definition) is 3. The number of nitrogens with two attached hydrogens (primary N) is 1. The molecular weight excluding hydrogens is 260 g/mol. The van der Waals surface area contributed by atoms with Crippen molar-refractivity contribution in [2.75, 3.05) is 39.1 Å². The number of anilines is 1. The zero-order chi connectivity index (χ0) is 14.5. The molecule has 2 rings (SSSR count). The van der Waals surface area contributed by atoms with E-state index in [0.29, 0.717) is 29.9 Å². The fraction of sp³-hybridized carbons (Fsp3) is 0.385. The monoisotopic (exact) mass is 278 g/mol. The van der Waals surface area contributed by atoms with E-state index in [4.69, 9.17) is 15.6 Å². The molecule has 1 aromatic heterocycles. The molecule has 0 radical (unpaired) electrons. The molecule has 20 heavy (non-hydrogen) atoms. The van der Waals surface area contributed by atoms with Crippen LogP contribution in [-0.2, 0) is 4.74 Å². The number of nitrogens with one attached hydrogen (secondary N) is 1. The maximum absolute atomic E-state index is 12.5. The standard InChI is InChI=1S/C13H18N4O3/c1-20-7-5-17(4-6-18)13(19)12-10-8-9(14)2-3-11(10)15-16-12/h2-3,8,18H,4-7,14H2,1H3,(H,15,16). The molecule has 0 saturated carbocycles. The smallest absolute Gasteiger partial charge is 0.275 e. The second-order valence-electron chi connectivity index (χ2n) is 4.39. The van der Waals surface area contributed by atoms with Gasteiger partial charge in [0.25, 0.3) is 5.91 Å². The summed E-state index contributed by atoms with van der Waals surface area (Å²) in [5.41, 5.74) is 7.36. The van der Waals surface area contributed by atoms with Crippen LogP contribution >= 0.6 is 0 Å². The largest absolute Gasteiger partial charge is 0.399 e. The van der Waals surface area contributed by atoms with Crippen LogP contribution in [0.25, 0.3) is 10.9 Å². The van der Waals surface area contributed by atoms with E-state index in [1.165, 1.54) is 4.90 Å². The fourth-order valence-electron chi connectivity index (χ4n) is 1.98. The minimum absolute atomic E-state index is 0.111. The van der Waals surface area contributed by atoms with Gasteiger partial charge in [-0.25, -0.2) is 0 Å². The molecule has 0 saturated heterocycles. The van der Waals surface area contributed by atoms with Crippen molar-refractivity contribution in [1.82, 2.24) is 15.1 Å². The molecule has 7 nitrogen and oxygen atoms in total. The van der Waals surface area contributed by atoms with Crippen molar-refractivity contribution < 1.29 is 14.6 Å². The predicted octanol–water partition coefficient (Wildman–Crippen LogP) is 0.226. The normalized spacial score (nSPS) is 10.9. The number of H-pyrrole nitrogens is 1. The number of carbonyl (C=O) groups excluding carboxylic acids is 1. The summed E-state index contributed by atoms with van der Waals surface area (Å²) in [6.07, 6.45) is 0. The summed E-state index contributed by atoms with van der Waals surface area (Å²) in [5, 5.41) is 16.6. The molecule has 0 unspecified atom stereocenters. The van der Waals surface area contributed by atoms with E-state index in [1.807, 2.05) is 0 Å². The van der Waals surface area contributed by atoms with E-state index in [0.717, 1.165) is 5.52 Å². The number of aromatic amines is 1. The number of rotatable bonds is 6. The molecule has 108 valence electrons. The van der Waals surface area contributed by atoms with Gasteiger partial charge in [0.15, 0.2) is 5.69 Å². The van der Waals surface area contributed by atoms with Gasteiger partial charge in [-0.05, 0) is 18.2 Å². The lowest BCUT2D eigenvalue weighted by Crippen LogP contribution is -2.36. The van der Waals surface area contributed by atoms with Gasteiger partial charge in [0.2, 0.25) is 0 Å². The first kappa shape index (κ1) is 14.3. The van der Waals surface area contributed by atoms with Crippen LogP contribution in [0.5, 0.6) is 0 Å². The van der Waals surface area contributed by atoms with Crippen LogP contribution < -0.4 is 5.73 Å². The highest BCUT2D eigenvalue weighted by atomic mass is 16.5. The number of nitrogens with zero attached hydrogens (tertiary/aromatic N) is 2. The van der Waals surface area contributed by atoms with Crippen LogP contribution in [0.15, 0.2) is 18.2 Å². The molecule has 1 aromatic carbocycles. The number of hydrogen-bond acceptors (Lipinski definition) is 5. The first-order valence-electron chi connectivity index (χ1n) is 6.30. The highest BCUT2D eigenvalue weighted by Crippen LogP contribution is 2.20. The second-order valence-corrected chi connectivity index (χ2v) is 4.39. The Hall–Kier alpha value is -2.12. The summed E-state index contributed by atoms with van der Waals surface area (Å²) in [5.74, 6) is -0.257. The van der Waals surface area contributed by atoms with Gasteiger partial charge in [-0.3, -0.25) is 9.89 Å². The first-order chi connectivity index (χ1) is 9.67. The average molecular weight is 278 g/mol. The highest BCUT2D eigenvalue weighted by Gasteiger charge is 2.20. The van der Waals surface area contributed by atoms with Crippen molar-refractivity contribution in [2.45, 2.75) is 0 Å². The molecule has 0 spiro atoms. The van der Waals surface area contributed by atoms with Gasteiger partial charge in [0.1, 0.15) is 0 Å². The van der Waals surface area contributed by atoms with Crippen LogP contribution in [0.2, 0.25) is 0 Å². The molecule has 0 aliphatic heterocycles. The van der Waals surface area contributed by atoms with Crippen LogP contribution in [0.4, 0.5) is 5.69 Å². The van der Waals surface area contributed by atoms with Gasteiger partial charge >= 0.3 is 0 Å². The van der Waals surface area contributed by atoms with Gasteiger partial charge in [-0.1, -0.05) is 0 Å². The van der Waals surface area contributed by atoms with Crippen LogP contribution in [-0.4, -0.2) is 59.5 Å². The number of aliphatic hydroxyl groups is 1. The van der Waals surface area contributed by atoms with Crippen molar-refractivity contribution in [2.24, 2.45) is 0 Å². The Balaban J connectivity index is 2.30. The summed E-state index contributed by atoms with van der Waals surface area (Å²) in [7, 11) is 1.56. The van der Waals surface area contributed by atoms with Crippen LogP contribution in [0.3, 0.4) is 0 Å². The maximum atomic E-state index is 12.5. The Kier molecular flexibility index (Phi) is 4.54. The number of ether oxygens (including phenoxy) is 1. The van der Waals surface area contributed by atoms with Gasteiger partial charge in [-0.2, -0.15) is 5.10 Å². The third-order valence-corrected chi connectivity index (χ3v) is 3.01. The number of benzene rings is 1. The average Bonchev–Trinajstić information content (AvgIpc) is 2.85. The Morgan fingerprint density at radius 3 is 3.00 bits per heavy atom. The molecule has 1 amide bonds. The van der Waals surface area contributed by atoms with Gasteiger partial charge in [-0.15, -0.1) is 0 Å². The van der Waals surface area contributed by atoms with Crippen molar-refractivity contribution in [3.63, 3.8) is 0 Å². The molecule has 2 aromatic rings. The fourth-order valence-corrected chi connectivity index (χ4v) is 1.98. The summed E-state index contributed by atoms with van der Waals surface area (Å²) in [6.45, 7) is 0.918. The van der Waals surface area contributed by atoms with E-state index < -0.39 is 0 Å². The molecule has 0 aliphatic carbocycles. The second kappa shape index (κ2) is 6.36. The lowest BCUT2D eigenvalue weighted by molar-refractivity contribution is 0.0652.